The van der Waals surface area contributed by atoms with Crippen molar-refractivity contribution in [3.63, 3.8) is 0 Å². The van der Waals surface area contributed by atoms with Gasteiger partial charge < -0.3 is 25.0 Å². The Labute approximate surface area is 239 Å². The monoisotopic (exact) mass is 575 g/mol. The zero-order valence-corrected chi connectivity index (χ0v) is 24.0. The second-order valence-electron chi connectivity index (χ2n) is 12.6. The van der Waals surface area contributed by atoms with E-state index in [1.54, 1.807) is 0 Å². The fraction of sp³-hybridized carbons (Fsp3) is 0.733. The van der Waals surface area contributed by atoms with Gasteiger partial charge in [-0.15, -0.1) is 0 Å². The van der Waals surface area contributed by atoms with Crippen LogP contribution in [0.5, 0.6) is 0 Å². The van der Waals surface area contributed by atoms with E-state index in [2.05, 4.69) is 12.2 Å². The maximum Gasteiger partial charge on any atom is 0.328 e. The topological polar surface area (TPSA) is 173 Å². The number of amides is 1. The van der Waals surface area contributed by atoms with Gasteiger partial charge in [0.15, 0.2) is 18.0 Å². The van der Waals surface area contributed by atoms with E-state index >= 15 is 0 Å². The van der Waals surface area contributed by atoms with Crippen molar-refractivity contribution < 1.29 is 48.5 Å². The molecule has 3 saturated carbocycles. The Morgan fingerprint density at radius 1 is 1.02 bits per heavy atom. The second kappa shape index (κ2) is 11.7. The Morgan fingerprint density at radius 3 is 2.39 bits per heavy atom. The quantitative estimate of drug-likeness (QED) is 0.328. The zero-order valence-electron chi connectivity index (χ0n) is 24.0. The highest BCUT2D eigenvalue weighted by molar-refractivity contribution is 5.94. The highest BCUT2D eigenvalue weighted by Crippen LogP contribution is 2.68. The lowest BCUT2D eigenvalue weighted by Crippen LogP contribution is -2.59. The van der Waals surface area contributed by atoms with Crippen LogP contribution < -0.4 is 5.32 Å². The lowest BCUT2D eigenvalue weighted by Gasteiger charge is -2.59. The molecule has 0 aromatic rings. The highest BCUT2D eigenvalue weighted by atomic mass is 16.6. The number of fused-ring (bicyclic) bond motifs is 5. The van der Waals surface area contributed by atoms with E-state index in [1.165, 1.54) is 12.5 Å². The first-order chi connectivity index (χ1) is 19.3. The third-order valence-corrected chi connectivity index (χ3v) is 10.6. The summed E-state index contributed by atoms with van der Waals surface area (Å²) >= 11 is 0. The van der Waals surface area contributed by atoms with Crippen LogP contribution in [0.2, 0.25) is 0 Å². The minimum absolute atomic E-state index is 0.0433. The van der Waals surface area contributed by atoms with Crippen LogP contribution in [-0.4, -0.2) is 70.5 Å². The molecule has 7 atom stereocenters. The minimum atomic E-state index is -1.48. The SMILES string of the molecule is CC(=O)O[C@]1(C(=O)COC(=O)CCC(=O)N[C@H](CO)C(=O)O)CC[C@H]2[C@@H]3CCC4=CC(=O)CC[C@]4(C)[C@H]3CC[C@@]21C. The summed E-state index contributed by atoms with van der Waals surface area (Å²) in [6.07, 6.45) is 6.78. The summed E-state index contributed by atoms with van der Waals surface area (Å²) in [6.45, 7) is 4.17. The standard InChI is InChI=1S/C30H41NO10/c1-17(33)41-30(24(35)16-40-26(37)7-6-25(36)31-23(15-32)27(38)39)13-10-22-20-5-4-18-14-19(34)8-11-28(18,2)21(20)9-12-29(22,30)3/h14,20-23,32H,4-13,15-16H2,1-3H3,(H,31,36)(H,38,39)/t20-,21+,22+,23-,28+,29+,30+/m1/s1. The highest BCUT2D eigenvalue weighted by Gasteiger charge is 2.68. The lowest BCUT2D eigenvalue weighted by atomic mass is 9.46. The van der Waals surface area contributed by atoms with Crippen molar-refractivity contribution >= 4 is 35.4 Å². The summed E-state index contributed by atoms with van der Waals surface area (Å²) in [5, 5.41) is 20.0. The van der Waals surface area contributed by atoms with Crippen LogP contribution in [0, 0.1) is 28.6 Å². The zero-order chi connectivity index (χ0) is 30.2. The van der Waals surface area contributed by atoms with Crippen molar-refractivity contribution in [2.24, 2.45) is 28.6 Å². The lowest BCUT2D eigenvalue weighted by molar-refractivity contribution is -0.191. The van der Waals surface area contributed by atoms with Crippen molar-refractivity contribution in [3.8, 4) is 0 Å². The van der Waals surface area contributed by atoms with E-state index in [1.807, 2.05) is 13.0 Å². The van der Waals surface area contributed by atoms with Crippen LogP contribution in [0.3, 0.4) is 0 Å². The number of nitrogens with one attached hydrogen (secondary N) is 1. The first-order valence-electron chi connectivity index (χ1n) is 14.5. The van der Waals surface area contributed by atoms with Gasteiger partial charge >= 0.3 is 17.9 Å². The average molecular weight is 576 g/mol. The Morgan fingerprint density at radius 2 is 1.73 bits per heavy atom. The number of carbonyl (C=O) groups is 6. The number of aliphatic hydroxyl groups is 1. The molecule has 3 N–H and O–H groups in total. The fourth-order valence-corrected chi connectivity index (χ4v) is 8.49. The van der Waals surface area contributed by atoms with Gasteiger partial charge in [-0.3, -0.25) is 24.0 Å². The first kappa shape index (κ1) is 30.9. The van der Waals surface area contributed by atoms with Gasteiger partial charge in [0.05, 0.1) is 13.0 Å². The molecule has 0 radical (unpaired) electrons. The van der Waals surface area contributed by atoms with Crippen LogP contribution in [0.4, 0.5) is 0 Å². The molecule has 4 rings (SSSR count). The summed E-state index contributed by atoms with van der Waals surface area (Å²) in [5.74, 6) is -3.01. The third kappa shape index (κ3) is 5.57. The average Bonchev–Trinajstić information content (AvgIpc) is 3.21. The smallest absolute Gasteiger partial charge is 0.328 e. The van der Waals surface area contributed by atoms with E-state index in [0.717, 1.165) is 25.7 Å². The molecule has 0 bridgehead atoms. The van der Waals surface area contributed by atoms with Gasteiger partial charge in [0.25, 0.3) is 0 Å². The Hall–Kier alpha value is -3.08. The molecule has 0 heterocycles. The molecule has 1 amide bonds. The number of hydrogen-bond donors (Lipinski definition) is 3. The molecule has 0 unspecified atom stereocenters. The molecule has 0 aromatic heterocycles. The number of allylic oxidation sites excluding steroid dienone is 1. The Balaban J connectivity index is 1.44. The number of esters is 2. The third-order valence-electron chi connectivity index (χ3n) is 10.6. The van der Waals surface area contributed by atoms with Gasteiger partial charge in [0, 0.05) is 25.2 Å². The van der Waals surface area contributed by atoms with E-state index in [0.29, 0.717) is 37.5 Å². The van der Waals surface area contributed by atoms with Gasteiger partial charge in [0.1, 0.15) is 6.04 Å². The molecule has 4 aliphatic carbocycles. The van der Waals surface area contributed by atoms with Crippen molar-refractivity contribution in [3.05, 3.63) is 11.6 Å². The summed E-state index contributed by atoms with van der Waals surface area (Å²) in [5.41, 5.74) is -0.865. The predicted molar refractivity (Wildman–Crippen MR) is 143 cm³/mol. The van der Waals surface area contributed by atoms with Crippen molar-refractivity contribution in [1.29, 1.82) is 0 Å². The van der Waals surface area contributed by atoms with Gasteiger partial charge in [-0.2, -0.15) is 0 Å². The second-order valence-corrected chi connectivity index (χ2v) is 12.6. The number of ketones is 2. The number of hydrogen-bond acceptors (Lipinski definition) is 9. The molecule has 0 spiro atoms. The minimum Gasteiger partial charge on any atom is -0.480 e. The van der Waals surface area contributed by atoms with Crippen molar-refractivity contribution in [1.82, 2.24) is 5.32 Å². The normalized spacial score (nSPS) is 34.7. The summed E-state index contributed by atoms with van der Waals surface area (Å²) in [7, 11) is 0. The summed E-state index contributed by atoms with van der Waals surface area (Å²) < 4.78 is 11.1. The van der Waals surface area contributed by atoms with Crippen LogP contribution >= 0.6 is 0 Å². The Bertz CT molecular complexity index is 1160. The first-order valence-corrected chi connectivity index (χ1v) is 14.5. The van der Waals surface area contributed by atoms with Crippen molar-refractivity contribution in [2.75, 3.05) is 13.2 Å². The van der Waals surface area contributed by atoms with Gasteiger partial charge in [0.2, 0.25) is 11.7 Å². The van der Waals surface area contributed by atoms with Crippen LogP contribution in [0.15, 0.2) is 11.6 Å². The number of aliphatic hydroxyl groups excluding tert-OH is 1. The predicted octanol–water partition coefficient (Wildman–Crippen LogP) is 2.27. The number of carboxylic acids is 1. The maximum absolute atomic E-state index is 13.8. The van der Waals surface area contributed by atoms with Gasteiger partial charge in [-0.1, -0.05) is 19.4 Å². The number of aliphatic carboxylic acids is 1. The summed E-state index contributed by atoms with van der Waals surface area (Å²) in [4.78, 5) is 73.5. The van der Waals surface area contributed by atoms with E-state index in [-0.39, 0.29) is 23.5 Å². The molecule has 3 fully saturated rings. The molecular formula is C30H41NO10. The number of ether oxygens (including phenoxy) is 2. The molecule has 226 valence electrons. The van der Waals surface area contributed by atoms with E-state index in [4.69, 9.17) is 19.7 Å². The molecule has 4 aliphatic rings. The number of rotatable bonds is 10. The fourth-order valence-electron chi connectivity index (χ4n) is 8.49. The maximum atomic E-state index is 13.8. The molecule has 0 aromatic carbocycles. The molecule has 0 saturated heterocycles. The summed E-state index contributed by atoms with van der Waals surface area (Å²) in [6, 6.07) is -1.48. The molecule has 0 aliphatic heterocycles. The molecular weight excluding hydrogens is 534 g/mol. The number of Topliss-reactive ketones (excluding diaryl/α,β-unsaturated/α-hetero) is 1. The Kier molecular flexibility index (Phi) is 8.78. The molecule has 11 nitrogen and oxygen atoms in total. The van der Waals surface area contributed by atoms with Crippen LogP contribution in [0.1, 0.15) is 85.0 Å². The number of carboxylic acid groups (broad SMARTS) is 1. The van der Waals surface area contributed by atoms with Crippen LogP contribution in [-0.2, 0) is 38.2 Å². The van der Waals surface area contributed by atoms with Gasteiger partial charge in [-0.05, 0) is 74.2 Å². The number of carbonyl (C=O) groups excluding carboxylic acids is 5. The van der Waals surface area contributed by atoms with E-state index in [9.17, 15) is 28.8 Å². The molecule has 41 heavy (non-hydrogen) atoms. The van der Waals surface area contributed by atoms with Crippen molar-refractivity contribution in [2.45, 2.75) is 96.6 Å². The van der Waals surface area contributed by atoms with Crippen LogP contribution in [0.25, 0.3) is 0 Å². The largest absolute Gasteiger partial charge is 0.480 e. The van der Waals surface area contributed by atoms with Gasteiger partial charge in [-0.25, -0.2) is 4.79 Å². The molecule has 11 heteroatoms. The van der Waals surface area contributed by atoms with E-state index < -0.39 is 66.3 Å².